The maximum absolute atomic E-state index is 12.7. The summed E-state index contributed by atoms with van der Waals surface area (Å²) in [4.78, 5) is 19.9. The molecule has 5 aliphatic rings. The lowest BCUT2D eigenvalue weighted by molar-refractivity contribution is -0.129. The average Bonchev–Trinajstić information content (AvgIpc) is 2.63. The van der Waals surface area contributed by atoms with Crippen molar-refractivity contribution < 1.29 is 4.79 Å². The molecule has 1 aromatic carbocycles. The van der Waals surface area contributed by atoms with Crippen LogP contribution in [-0.2, 0) is 11.3 Å². The molecule has 4 atom stereocenters. The molecule has 0 spiro atoms. The minimum absolute atomic E-state index is 0.0119. The number of aliphatic imine (C=N–C) groups is 1. The van der Waals surface area contributed by atoms with E-state index in [2.05, 4.69) is 4.90 Å². The van der Waals surface area contributed by atoms with Crippen molar-refractivity contribution in [2.24, 2.45) is 22.7 Å². The number of ketones is 1. The predicted octanol–water partition coefficient (Wildman–Crippen LogP) is 4.23. The number of nitrogens with zero attached hydrogens (tertiary/aromatic N) is 2. The maximum Gasteiger partial charge on any atom is 0.146 e. The van der Waals surface area contributed by atoms with E-state index in [4.69, 9.17) is 28.2 Å². The lowest BCUT2D eigenvalue weighted by atomic mass is 9.67. The summed E-state index contributed by atoms with van der Waals surface area (Å²) >= 11 is 12.5. The van der Waals surface area contributed by atoms with E-state index in [0.29, 0.717) is 27.8 Å². The Morgan fingerprint density at radius 1 is 1.14 bits per heavy atom. The lowest BCUT2D eigenvalue weighted by Gasteiger charge is -2.39. The van der Waals surface area contributed by atoms with Gasteiger partial charge in [-0.1, -0.05) is 23.2 Å². The van der Waals surface area contributed by atoms with Gasteiger partial charge in [-0.3, -0.25) is 4.79 Å². The quantitative estimate of drug-likeness (QED) is 0.711. The molecule has 22 heavy (non-hydrogen) atoms. The first-order valence-corrected chi connectivity index (χ1v) is 8.72. The van der Waals surface area contributed by atoms with Gasteiger partial charge < -0.3 is 4.90 Å². The average molecular weight is 335 g/mol. The molecule has 3 aliphatic heterocycles. The molecule has 0 N–H and O–H groups in total. The van der Waals surface area contributed by atoms with Crippen LogP contribution in [0.4, 0.5) is 5.69 Å². The van der Waals surface area contributed by atoms with Crippen molar-refractivity contribution in [3.05, 3.63) is 27.7 Å². The van der Waals surface area contributed by atoms with Crippen LogP contribution in [-0.4, -0.2) is 22.6 Å². The molecule has 0 aromatic heterocycles. The number of amidine groups is 1. The van der Waals surface area contributed by atoms with Gasteiger partial charge in [0.1, 0.15) is 11.6 Å². The molecule has 2 saturated carbocycles. The van der Waals surface area contributed by atoms with Gasteiger partial charge in [0.2, 0.25) is 0 Å². The summed E-state index contributed by atoms with van der Waals surface area (Å²) in [5, 5.41) is 1.29. The van der Waals surface area contributed by atoms with Crippen LogP contribution in [0.3, 0.4) is 0 Å². The maximum atomic E-state index is 12.7. The van der Waals surface area contributed by atoms with Crippen molar-refractivity contribution in [1.82, 2.24) is 4.90 Å². The minimum Gasteiger partial charge on any atom is -0.352 e. The molecule has 0 radical (unpaired) electrons. The standard InChI is InChI=1S/C17H16Cl2N2O/c18-10-5-14(19)13-7-21-11-2-8-1-9(4-11)16(22)12(3-8)17(21)20-15(13)6-10/h5-6,8-9,11-12H,1-4,7H2/t8-,9-,11+,12?/m1/s1. The van der Waals surface area contributed by atoms with Gasteiger partial charge in [-0.25, -0.2) is 4.99 Å². The number of hydrogen-bond acceptors (Lipinski definition) is 3. The molecule has 4 bridgehead atoms. The lowest BCUT2D eigenvalue weighted by Crippen LogP contribution is -2.42. The molecular weight excluding hydrogens is 319 g/mol. The number of halogens is 2. The van der Waals surface area contributed by atoms with Gasteiger partial charge >= 0.3 is 0 Å². The summed E-state index contributed by atoms with van der Waals surface area (Å²) in [7, 11) is 0. The van der Waals surface area contributed by atoms with Gasteiger partial charge in [0.05, 0.1) is 11.6 Å². The Bertz CT molecular complexity index is 730. The highest BCUT2D eigenvalue weighted by Gasteiger charge is 2.51. The van der Waals surface area contributed by atoms with Crippen LogP contribution < -0.4 is 0 Å². The zero-order chi connectivity index (χ0) is 15.0. The third-order valence-electron chi connectivity index (χ3n) is 5.84. The zero-order valence-electron chi connectivity index (χ0n) is 12.1. The summed E-state index contributed by atoms with van der Waals surface area (Å²) in [6.07, 6.45) is 4.25. The first kappa shape index (κ1) is 13.4. The smallest absolute Gasteiger partial charge is 0.146 e. The summed E-state index contributed by atoms with van der Waals surface area (Å²) in [5.74, 6) is 2.31. The fraction of sp³-hybridized carbons (Fsp3) is 0.529. The van der Waals surface area contributed by atoms with E-state index in [0.717, 1.165) is 42.9 Å². The Kier molecular flexibility index (Phi) is 2.73. The van der Waals surface area contributed by atoms with E-state index in [1.807, 2.05) is 6.07 Å². The first-order valence-electron chi connectivity index (χ1n) is 7.97. The van der Waals surface area contributed by atoms with Crippen molar-refractivity contribution in [3.63, 3.8) is 0 Å². The molecule has 1 unspecified atom stereocenters. The minimum atomic E-state index is -0.0119. The Hall–Kier alpha value is -1.06. The van der Waals surface area contributed by atoms with Gasteiger partial charge in [-0.2, -0.15) is 0 Å². The highest BCUT2D eigenvalue weighted by molar-refractivity contribution is 6.35. The third-order valence-corrected chi connectivity index (χ3v) is 6.40. The Labute approximate surface area is 139 Å². The normalized spacial score (nSPS) is 35.1. The second kappa shape index (κ2) is 4.48. The molecule has 3 heterocycles. The van der Waals surface area contributed by atoms with Crippen molar-refractivity contribution in [2.75, 3.05) is 0 Å². The number of Topliss-reactive ketones (excluding diaryl/α,β-unsaturated/α-hetero) is 1. The largest absolute Gasteiger partial charge is 0.352 e. The van der Waals surface area contributed by atoms with Crippen molar-refractivity contribution in [3.8, 4) is 0 Å². The number of benzene rings is 1. The second-order valence-corrected chi connectivity index (χ2v) is 7.94. The topological polar surface area (TPSA) is 32.7 Å². The Balaban J connectivity index is 1.69. The van der Waals surface area contributed by atoms with Gasteiger partial charge in [0.25, 0.3) is 0 Å². The Morgan fingerprint density at radius 2 is 2.00 bits per heavy atom. The summed E-state index contributed by atoms with van der Waals surface area (Å²) < 4.78 is 0. The summed E-state index contributed by atoms with van der Waals surface area (Å²) in [6.45, 7) is 0.762. The van der Waals surface area contributed by atoms with Gasteiger partial charge in [-0.05, 0) is 43.7 Å². The van der Waals surface area contributed by atoms with Crippen LogP contribution in [0.15, 0.2) is 17.1 Å². The fourth-order valence-electron chi connectivity index (χ4n) is 4.93. The summed E-state index contributed by atoms with van der Waals surface area (Å²) in [6, 6.07) is 4.10. The van der Waals surface area contributed by atoms with E-state index in [-0.39, 0.29) is 11.8 Å². The highest BCUT2D eigenvalue weighted by atomic mass is 35.5. The molecule has 114 valence electrons. The Morgan fingerprint density at radius 3 is 2.86 bits per heavy atom. The molecule has 2 saturated heterocycles. The second-order valence-electron chi connectivity index (χ2n) is 7.10. The third kappa shape index (κ3) is 1.75. The molecular formula is C17H16Cl2N2O. The molecule has 6 rings (SSSR count). The predicted molar refractivity (Wildman–Crippen MR) is 86.8 cm³/mol. The van der Waals surface area contributed by atoms with E-state index in [9.17, 15) is 4.79 Å². The highest BCUT2D eigenvalue weighted by Crippen LogP contribution is 2.49. The van der Waals surface area contributed by atoms with Crippen molar-refractivity contribution in [1.29, 1.82) is 0 Å². The van der Waals surface area contributed by atoms with Crippen LogP contribution >= 0.6 is 23.2 Å². The van der Waals surface area contributed by atoms with E-state index < -0.39 is 0 Å². The number of hydrogen-bond donors (Lipinski definition) is 0. The number of fused-ring (bicyclic) bond motifs is 1. The number of rotatable bonds is 0. The molecule has 5 heteroatoms. The van der Waals surface area contributed by atoms with Gasteiger partial charge in [-0.15, -0.1) is 0 Å². The van der Waals surface area contributed by atoms with E-state index in [1.165, 1.54) is 6.42 Å². The number of carbonyl (C=O) groups excluding carboxylic acids is 1. The molecule has 2 aliphatic carbocycles. The molecule has 4 fully saturated rings. The molecule has 0 amide bonds. The summed E-state index contributed by atoms with van der Waals surface area (Å²) in [5.41, 5.74) is 1.89. The fourth-order valence-corrected chi connectivity index (χ4v) is 5.47. The molecule has 3 nitrogen and oxygen atoms in total. The van der Waals surface area contributed by atoms with E-state index >= 15 is 0 Å². The monoisotopic (exact) mass is 334 g/mol. The number of carbonyl (C=O) groups is 1. The van der Waals surface area contributed by atoms with Gasteiger partial charge in [0, 0.05) is 34.1 Å². The van der Waals surface area contributed by atoms with Crippen LogP contribution in [0, 0.1) is 17.8 Å². The van der Waals surface area contributed by atoms with Crippen LogP contribution in [0.25, 0.3) is 0 Å². The zero-order valence-corrected chi connectivity index (χ0v) is 13.6. The SMILES string of the molecule is O=C1C2C[C@@H]3C[C@@H]1C[C@H](C3)N1Cc3c(Cl)cc(Cl)cc3N=C21. The van der Waals surface area contributed by atoms with Crippen LogP contribution in [0.5, 0.6) is 0 Å². The van der Waals surface area contributed by atoms with Gasteiger partial charge in [0.15, 0.2) is 0 Å². The van der Waals surface area contributed by atoms with Crippen molar-refractivity contribution in [2.45, 2.75) is 38.3 Å². The van der Waals surface area contributed by atoms with E-state index in [1.54, 1.807) is 6.07 Å². The molecule has 1 aromatic rings. The van der Waals surface area contributed by atoms with Crippen LogP contribution in [0.1, 0.15) is 31.2 Å². The first-order chi connectivity index (χ1) is 10.6. The van der Waals surface area contributed by atoms with Crippen LogP contribution in [0.2, 0.25) is 10.0 Å². The van der Waals surface area contributed by atoms with Crippen molar-refractivity contribution >= 4 is 40.5 Å².